The molecule has 1 atom stereocenters. The lowest BCUT2D eigenvalue weighted by atomic mass is 10.1. The molecular formula is C13H17NS2. The van der Waals surface area contributed by atoms with Crippen LogP contribution >= 0.6 is 22.7 Å². The maximum Gasteiger partial charge on any atom is 0.0679 e. The van der Waals surface area contributed by atoms with Gasteiger partial charge in [-0.1, -0.05) is 0 Å². The minimum atomic E-state index is 0.351. The van der Waals surface area contributed by atoms with Crippen molar-refractivity contribution in [3.8, 4) is 0 Å². The Morgan fingerprint density at radius 2 is 1.94 bits per heavy atom. The van der Waals surface area contributed by atoms with Gasteiger partial charge in [0.25, 0.3) is 0 Å². The molecule has 1 nitrogen and oxygen atoms in total. The van der Waals surface area contributed by atoms with Gasteiger partial charge in [-0.3, -0.25) is 0 Å². The van der Waals surface area contributed by atoms with Gasteiger partial charge in [0, 0.05) is 14.6 Å². The minimum Gasteiger partial charge on any atom is -0.309 e. The average Bonchev–Trinajstić information content (AvgIpc) is 2.78. The molecule has 2 aromatic rings. The number of rotatable bonds is 3. The van der Waals surface area contributed by atoms with E-state index in [0.717, 1.165) is 0 Å². The quantitative estimate of drug-likeness (QED) is 0.868. The van der Waals surface area contributed by atoms with Gasteiger partial charge in [-0.25, -0.2) is 0 Å². The molecule has 0 saturated carbocycles. The second-order valence-electron chi connectivity index (χ2n) is 4.04. The summed E-state index contributed by atoms with van der Waals surface area (Å²) in [4.78, 5) is 4.24. The lowest BCUT2D eigenvalue weighted by molar-refractivity contribution is 0.702. The molecule has 16 heavy (non-hydrogen) atoms. The van der Waals surface area contributed by atoms with Gasteiger partial charge in [0.05, 0.1) is 6.04 Å². The SMILES string of the molecule is CNC(c1cc(C)c(C)s1)c1ccsc1C. The molecule has 2 heterocycles. The molecule has 2 rings (SSSR count). The highest BCUT2D eigenvalue weighted by Gasteiger charge is 2.17. The number of thiophene rings is 2. The fraction of sp³-hybridized carbons (Fsp3) is 0.385. The zero-order valence-electron chi connectivity index (χ0n) is 10.1. The summed E-state index contributed by atoms with van der Waals surface area (Å²) < 4.78 is 0. The van der Waals surface area contributed by atoms with E-state index in [9.17, 15) is 0 Å². The van der Waals surface area contributed by atoms with Crippen LogP contribution in [0.15, 0.2) is 17.5 Å². The Balaban J connectivity index is 2.40. The van der Waals surface area contributed by atoms with E-state index in [1.54, 1.807) is 0 Å². The van der Waals surface area contributed by atoms with Gasteiger partial charge in [0.15, 0.2) is 0 Å². The molecule has 0 radical (unpaired) electrons. The zero-order valence-corrected chi connectivity index (χ0v) is 11.8. The van der Waals surface area contributed by atoms with E-state index in [4.69, 9.17) is 0 Å². The second kappa shape index (κ2) is 4.70. The summed E-state index contributed by atoms with van der Waals surface area (Å²) in [6.45, 7) is 6.57. The molecule has 0 spiro atoms. The second-order valence-corrected chi connectivity index (χ2v) is 6.45. The van der Waals surface area contributed by atoms with Crippen LogP contribution in [-0.2, 0) is 0 Å². The molecule has 0 bridgehead atoms. The van der Waals surface area contributed by atoms with Gasteiger partial charge in [-0.2, -0.15) is 0 Å². The molecule has 1 N–H and O–H groups in total. The van der Waals surface area contributed by atoms with Crippen LogP contribution in [0.2, 0.25) is 0 Å². The maximum atomic E-state index is 3.42. The van der Waals surface area contributed by atoms with Crippen molar-refractivity contribution in [2.24, 2.45) is 0 Å². The maximum absolute atomic E-state index is 3.42. The van der Waals surface area contributed by atoms with Crippen LogP contribution in [-0.4, -0.2) is 7.05 Å². The molecule has 0 amide bonds. The summed E-state index contributed by atoms with van der Waals surface area (Å²) in [5.41, 5.74) is 2.81. The smallest absolute Gasteiger partial charge is 0.0679 e. The molecule has 2 aromatic heterocycles. The first-order valence-corrected chi connectivity index (χ1v) is 7.11. The van der Waals surface area contributed by atoms with E-state index in [2.05, 4.69) is 43.6 Å². The summed E-state index contributed by atoms with van der Waals surface area (Å²) >= 11 is 3.71. The normalized spacial score (nSPS) is 13.0. The van der Waals surface area contributed by atoms with Crippen molar-refractivity contribution in [3.05, 3.63) is 43.3 Å². The van der Waals surface area contributed by atoms with Crippen molar-refractivity contribution < 1.29 is 0 Å². The van der Waals surface area contributed by atoms with Crippen LogP contribution in [0, 0.1) is 20.8 Å². The number of nitrogens with one attached hydrogen (secondary N) is 1. The Kier molecular flexibility index (Phi) is 3.47. The highest BCUT2D eigenvalue weighted by atomic mass is 32.1. The minimum absolute atomic E-state index is 0.351. The summed E-state index contributed by atoms with van der Waals surface area (Å²) in [6.07, 6.45) is 0. The van der Waals surface area contributed by atoms with Gasteiger partial charge < -0.3 is 5.32 Å². The number of aryl methyl sites for hydroxylation is 3. The van der Waals surface area contributed by atoms with Crippen molar-refractivity contribution in [1.29, 1.82) is 0 Å². The summed E-state index contributed by atoms with van der Waals surface area (Å²) in [5, 5.41) is 5.59. The summed E-state index contributed by atoms with van der Waals surface area (Å²) in [7, 11) is 2.03. The first-order valence-electron chi connectivity index (χ1n) is 5.41. The molecule has 0 fully saturated rings. The fourth-order valence-corrected chi connectivity index (χ4v) is 3.80. The lowest BCUT2D eigenvalue weighted by Crippen LogP contribution is -2.16. The van der Waals surface area contributed by atoms with Crippen LogP contribution in [0.25, 0.3) is 0 Å². The molecule has 1 unspecified atom stereocenters. The van der Waals surface area contributed by atoms with Crippen molar-refractivity contribution in [1.82, 2.24) is 5.32 Å². The van der Waals surface area contributed by atoms with Gasteiger partial charge in [0.2, 0.25) is 0 Å². The van der Waals surface area contributed by atoms with E-state index in [-0.39, 0.29) is 0 Å². The van der Waals surface area contributed by atoms with E-state index < -0.39 is 0 Å². The largest absolute Gasteiger partial charge is 0.309 e. The van der Waals surface area contributed by atoms with Gasteiger partial charge in [-0.05, 0) is 56.5 Å². The molecular weight excluding hydrogens is 234 g/mol. The van der Waals surface area contributed by atoms with E-state index in [1.807, 2.05) is 29.7 Å². The van der Waals surface area contributed by atoms with Crippen LogP contribution < -0.4 is 5.32 Å². The summed E-state index contributed by atoms with van der Waals surface area (Å²) in [5.74, 6) is 0. The third kappa shape index (κ3) is 2.08. The van der Waals surface area contributed by atoms with Crippen molar-refractivity contribution >= 4 is 22.7 Å². The number of hydrogen-bond acceptors (Lipinski definition) is 3. The molecule has 0 aliphatic rings. The lowest BCUT2D eigenvalue weighted by Gasteiger charge is -2.14. The molecule has 0 aliphatic carbocycles. The van der Waals surface area contributed by atoms with Crippen molar-refractivity contribution in [3.63, 3.8) is 0 Å². The van der Waals surface area contributed by atoms with Gasteiger partial charge in [0.1, 0.15) is 0 Å². The average molecular weight is 251 g/mol. The third-order valence-electron chi connectivity index (χ3n) is 2.97. The highest BCUT2D eigenvalue weighted by molar-refractivity contribution is 7.12. The van der Waals surface area contributed by atoms with E-state index in [0.29, 0.717) is 6.04 Å². The van der Waals surface area contributed by atoms with Crippen molar-refractivity contribution in [2.75, 3.05) is 7.05 Å². The third-order valence-corrected chi connectivity index (χ3v) is 5.05. The van der Waals surface area contributed by atoms with E-state index in [1.165, 1.54) is 25.8 Å². The molecule has 0 aromatic carbocycles. The predicted molar refractivity (Wildman–Crippen MR) is 73.8 cm³/mol. The molecule has 3 heteroatoms. The Labute approximate surface area is 105 Å². The van der Waals surface area contributed by atoms with Crippen LogP contribution in [0.3, 0.4) is 0 Å². The van der Waals surface area contributed by atoms with Gasteiger partial charge in [-0.15, -0.1) is 22.7 Å². The van der Waals surface area contributed by atoms with Crippen molar-refractivity contribution in [2.45, 2.75) is 26.8 Å². The zero-order chi connectivity index (χ0) is 11.7. The first kappa shape index (κ1) is 11.8. The molecule has 0 aliphatic heterocycles. The molecule has 86 valence electrons. The Morgan fingerprint density at radius 1 is 1.19 bits per heavy atom. The Hall–Kier alpha value is -0.640. The Bertz CT molecular complexity index is 462. The van der Waals surface area contributed by atoms with E-state index >= 15 is 0 Å². The predicted octanol–water partition coefficient (Wildman–Crippen LogP) is 4.04. The topological polar surface area (TPSA) is 12.0 Å². The summed E-state index contributed by atoms with van der Waals surface area (Å²) in [6, 6.07) is 4.88. The fourth-order valence-electron chi connectivity index (χ4n) is 1.89. The standard InChI is InChI=1S/C13H17NS2/c1-8-7-12(16-9(8)2)13(14-4)11-5-6-15-10(11)3/h5-7,13-14H,1-4H3. The van der Waals surface area contributed by atoms with Gasteiger partial charge >= 0.3 is 0 Å². The Morgan fingerprint density at radius 3 is 2.38 bits per heavy atom. The first-order chi connectivity index (χ1) is 7.63. The molecule has 0 saturated heterocycles. The van der Waals surface area contributed by atoms with Crippen LogP contribution in [0.5, 0.6) is 0 Å². The number of hydrogen-bond donors (Lipinski definition) is 1. The van der Waals surface area contributed by atoms with Crippen LogP contribution in [0.4, 0.5) is 0 Å². The highest BCUT2D eigenvalue weighted by Crippen LogP contribution is 2.33. The monoisotopic (exact) mass is 251 g/mol. The van der Waals surface area contributed by atoms with Crippen LogP contribution in [0.1, 0.15) is 31.8 Å².